The van der Waals surface area contributed by atoms with Gasteiger partial charge in [0.15, 0.2) is 0 Å². The van der Waals surface area contributed by atoms with Crippen LogP contribution in [-0.4, -0.2) is 40.1 Å². The number of primary amides is 1. The number of carboxylic acid groups (broad SMARTS) is 1. The molecule has 0 bridgehead atoms. The fraction of sp³-hybridized carbons (Fsp3) is 0.364. The van der Waals surface area contributed by atoms with Crippen LogP contribution in [-0.2, 0) is 0 Å². The number of amides is 2. The van der Waals surface area contributed by atoms with Gasteiger partial charge in [-0.05, 0) is 25.0 Å². The first-order valence-corrected chi connectivity index (χ1v) is 5.29. The Kier molecular flexibility index (Phi) is 4.93. The van der Waals surface area contributed by atoms with Crippen molar-refractivity contribution in [2.75, 3.05) is 13.1 Å². The smallest absolute Gasteiger partial charge is 0.407 e. The van der Waals surface area contributed by atoms with E-state index in [4.69, 9.17) is 10.8 Å². The molecule has 1 aliphatic rings. The van der Waals surface area contributed by atoms with Crippen molar-refractivity contribution in [3.8, 4) is 0 Å². The number of carbonyl (C=O) groups is 2. The van der Waals surface area contributed by atoms with Gasteiger partial charge in [0, 0.05) is 31.0 Å². The minimum atomic E-state index is -0.775. The third-order valence-electron chi connectivity index (χ3n) is 2.34. The molecule has 1 fully saturated rings. The summed E-state index contributed by atoms with van der Waals surface area (Å²) < 4.78 is 0. The lowest BCUT2D eigenvalue weighted by atomic mass is 10.3. The van der Waals surface area contributed by atoms with Crippen molar-refractivity contribution in [2.24, 2.45) is 5.73 Å². The summed E-state index contributed by atoms with van der Waals surface area (Å²) in [5, 5.41) is 8.34. The topological polar surface area (TPSA) is 96.5 Å². The first-order valence-electron chi connectivity index (χ1n) is 5.29. The highest BCUT2D eigenvalue weighted by atomic mass is 16.4. The van der Waals surface area contributed by atoms with Crippen molar-refractivity contribution in [3.63, 3.8) is 0 Å². The van der Waals surface area contributed by atoms with Gasteiger partial charge in [-0.3, -0.25) is 9.78 Å². The first-order chi connectivity index (χ1) is 8.11. The molecule has 1 saturated heterocycles. The van der Waals surface area contributed by atoms with Crippen LogP contribution in [0, 0.1) is 0 Å². The summed E-state index contributed by atoms with van der Waals surface area (Å²) in [6.07, 6.45) is 4.35. The Bertz CT molecular complexity index is 375. The van der Waals surface area contributed by atoms with Crippen molar-refractivity contribution in [1.82, 2.24) is 9.88 Å². The van der Waals surface area contributed by atoms with E-state index in [0.717, 1.165) is 25.9 Å². The lowest BCUT2D eigenvalue weighted by Crippen LogP contribution is -2.25. The first kappa shape index (κ1) is 13.0. The molecule has 1 aromatic heterocycles. The number of likely N-dealkylation sites (tertiary alicyclic amines) is 1. The summed E-state index contributed by atoms with van der Waals surface area (Å²) >= 11 is 0. The second-order valence-electron chi connectivity index (χ2n) is 3.58. The molecule has 92 valence electrons. The molecule has 6 heteroatoms. The third kappa shape index (κ3) is 4.50. The quantitative estimate of drug-likeness (QED) is 0.759. The lowest BCUT2D eigenvalue weighted by Gasteiger charge is -2.07. The summed E-state index contributed by atoms with van der Waals surface area (Å²) in [6, 6.07) is 3.14. The number of rotatable bonds is 1. The Morgan fingerprint density at radius 1 is 1.24 bits per heavy atom. The molecule has 1 aromatic rings. The number of pyridine rings is 1. The Morgan fingerprint density at radius 2 is 1.76 bits per heavy atom. The zero-order valence-electron chi connectivity index (χ0n) is 9.37. The molecular formula is C11H15N3O3. The van der Waals surface area contributed by atoms with Gasteiger partial charge in [-0.2, -0.15) is 0 Å². The number of hydrogen-bond acceptors (Lipinski definition) is 3. The van der Waals surface area contributed by atoms with E-state index in [1.807, 2.05) is 0 Å². The average Bonchev–Trinajstić information content (AvgIpc) is 2.84. The third-order valence-corrected chi connectivity index (χ3v) is 2.34. The minimum absolute atomic E-state index is 0.419. The SMILES string of the molecule is NC(=O)c1ccncc1.O=C(O)N1CCCC1. The van der Waals surface area contributed by atoms with Crippen molar-refractivity contribution < 1.29 is 14.7 Å². The molecule has 3 N–H and O–H groups in total. The highest BCUT2D eigenvalue weighted by molar-refractivity contribution is 5.92. The number of hydrogen-bond donors (Lipinski definition) is 2. The summed E-state index contributed by atoms with van der Waals surface area (Å²) in [5.74, 6) is -0.419. The molecule has 1 aliphatic heterocycles. The van der Waals surface area contributed by atoms with Crippen molar-refractivity contribution in [1.29, 1.82) is 0 Å². The highest BCUT2D eigenvalue weighted by Gasteiger charge is 2.15. The molecule has 0 aromatic carbocycles. The van der Waals surface area contributed by atoms with Gasteiger partial charge in [0.1, 0.15) is 0 Å². The van der Waals surface area contributed by atoms with Gasteiger partial charge < -0.3 is 15.7 Å². The van der Waals surface area contributed by atoms with Gasteiger partial charge in [0.2, 0.25) is 5.91 Å². The van der Waals surface area contributed by atoms with Crippen molar-refractivity contribution >= 4 is 12.0 Å². The summed E-state index contributed by atoms with van der Waals surface area (Å²) in [5.41, 5.74) is 5.44. The van der Waals surface area contributed by atoms with Crippen LogP contribution in [0.15, 0.2) is 24.5 Å². The molecule has 0 saturated carbocycles. The second-order valence-corrected chi connectivity index (χ2v) is 3.58. The normalized spacial score (nSPS) is 13.8. The van der Waals surface area contributed by atoms with E-state index in [9.17, 15) is 9.59 Å². The van der Waals surface area contributed by atoms with E-state index in [0.29, 0.717) is 5.56 Å². The Hall–Kier alpha value is -2.11. The molecule has 0 spiro atoms. The molecule has 0 unspecified atom stereocenters. The predicted molar refractivity (Wildman–Crippen MR) is 61.6 cm³/mol. The maximum absolute atomic E-state index is 10.4. The largest absolute Gasteiger partial charge is 0.465 e. The molecule has 0 aliphatic carbocycles. The highest BCUT2D eigenvalue weighted by Crippen LogP contribution is 2.05. The number of carbonyl (C=O) groups excluding carboxylic acids is 1. The van der Waals surface area contributed by atoms with Crippen molar-refractivity contribution in [3.05, 3.63) is 30.1 Å². The fourth-order valence-corrected chi connectivity index (χ4v) is 1.42. The zero-order valence-corrected chi connectivity index (χ0v) is 9.37. The number of nitrogens with zero attached hydrogens (tertiary/aromatic N) is 2. The second kappa shape index (κ2) is 6.47. The number of aromatic nitrogens is 1. The van der Waals surface area contributed by atoms with E-state index >= 15 is 0 Å². The summed E-state index contributed by atoms with van der Waals surface area (Å²) in [4.78, 5) is 25.7. The van der Waals surface area contributed by atoms with Crippen LogP contribution in [0.5, 0.6) is 0 Å². The Labute approximate surface area is 99.1 Å². The fourth-order valence-electron chi connectivity index (χ4n) is 1.42. The van der Waals surface area contributed by atoms with Crippen LogP contribution in [0.25, 0.3) is 0 Å². The number of nitrogens with two attached hydrogens (primary N) is 1. The van der Waals surface area contributed by atoms with Crippen LogP contribution in [0.4, 0.5) is 4.79 Å². The molecule has 17 heavy (non-hydrogen) atoms. The van der Waals surface area contributed by atoms with Gasteiger partial charge in [-0.15, -0.1) is 0 Å². The molecule has 6 nitrogen and oxygen atoms in total. The zero-order chi connectivity index (χ0) is 12.7. The van der Waals surface area contributed by atoms with Gasteiger partial charge in [0.05, 0.1) is 0 Å². The molecule has 0 radical (unpaired) electrons. The van der Waals surface area contributed by atoms with E-state index in [1.54, 1.807) is 12.1 Å². The van der Waals surface area contributed by atoms with Crippen LogP contribution < -0.4 is 5.73 Å². The van der Waals surface area contributed by atoms with Gasteiger partial charge in [-0.1, -0.05) is 0 Å². The molecule has 2 heterocycles. The molecular weight excluding hydrogens is 222 g/mol. The monoisotopic (exact) mass is 237 g/mol. The van der Waals surface area contributed by atoms with Crippen LogP contribution >= 0.6 is 0 Å². The van der Waals surface area contributed by atoms with E-state index in [-0.39, 0.29) is 0 Å². The van der Waals surface area contributed by atoms with E-state index in [1.165, 1.54) is 17.3 Å². The van der Waals surface area contributed by atoms with Crippen molar-refractivity contribution in [2.45, 2.75) is 12.8 Å². The van der Waals surface area contributed by atoms with E-state index < -0.39 is 12.0 Å². The van der Waals surface area contributed by atoms with Gasteiger partial charge in [0.25, 0.3) is 0 Å². The molecule has 2 amide bonds. The summed E-state index contributed by atoms with van der Waals surface area (Å²) in [6.45, 7) is 1.46. The minimum Gasteiger partial charge on any atom is -0.465 e. The molecule has 2 rings (SSSR count). The molecule has 0 atom stereocenters. The maximum Gasteiger partial charge on any atom is 0.407 e. The predicted octanol–water partition coefficient (Wildman–Crippen LogP) is 0.941. The van der Waals surface area contributed by atoms with Crippen LogP contribution in [0.2, 0.25) is 0 Å². The van der Waals surface area contributed by atoms with E-state index in [2.05, 4.69) is 4.98 Å². The van der Waals surface area contributed by atoms with Gasteiger partial charge >= 0.3 is 6.09 Å². The summed E-state index contributed by atoms with van der Waals surface area (Å²) in [7, 11) is 0. The van der Waals surface area contributed by atoms with Crippen LogP contribution in [0.1, 0.15) is 23.2 Å². The van der Waals surface area contributed by atoms with Gasteiger partial charge in [-0.25, -0.2) is 4.79 Å². The standard InChI is InChI=1S/C6H6N2O.C5H9NO2/c7-6(9)5-1-3-8-4-2-5;7-5(8)6-3-1-2-4-6/h1-4H,(H2,7,9);1-4H2,(H,7,8). The average molecular weight is 237 g/mol. The Balaban J connectivity index is 0.000000171. The Morgan fingerprint density at radius 3 is 2.06 bits per heavy atom. The lowest BCUT2D eigenvalue weighted by molar-refractivity contribution is 0.1000. The van der Waals surface area contributed by atoms with Crippen LogP contribution in [0.3, 0.4) is 0 Å². The maximum atomic E-state index is 10.4.